The van der Waals surface area contributed by atoms with Gasteiger partial charge in [0.15, 0.2) is 0 Å². The Balaban J connectivity index is 1.95. The van der Waals surface area contributed by atoms with Crippen LogP contribution in [0.2, 0.25) is 5.02 Å². The fraction of sp³-hybridized carbons (Fsp3) is 0.571. The molecule has 0 bridgehead atoms. The molecule has 1 fully saturated rings. The summed E-state index contributed by atoms with van der Waals surface area (Å²) >= 11 is 6.13. The number of nitrogens with one attached hydrogen (secondary N) is 2. The van der Waals surface area contributed by atoms with Crippen molar-refractivity contribution in [3.05, 3.63) is 29.0 Å². The van der Waals surface area contributed by atoms with Gasteiger partial charge in [0.25, 0.3) is 0 Å². The summed E-state index contributed by atoms with van der Waals surface area (Å²) in [4.78, 5) is 17.9. The van der Waals surface area contributed by atoms with E-state index in [1.165, 1.54) is 0 Å². The maximum atomic E-state index is 11.7. The summed E-state index contributed by atoms with van der Waals surface area (Å²) in [6.45, 7) is 4.70. The first-order valence-corrected chi connectivity index (χ1v) is 7.39. The average molecular weight is 313 g/mol. The zero-order chi connectivity index (χ0) is 15.2. The number of urea groups is 1. The summed E-state index contributed by atoms with van der Waals surface area (Å²) in [6, 6.07) is 1.73. The molecule has 1 aromatic rings. The summed E-state index contributed by atoms with van der Waals surface area (Å²) in [7, 11) is 1.67. The molecule has 0 aromatic carbocycles. The predicted molar refractivity (Wildman–Crippen MR) is 81.3 cm³/mol. The molecule has 1 aliphatic heterocycles. The number of likely N-dealkylation sites (tertiary alicyclic amines) is 1. The van der Waals surface area contributed by atoms with Crippen LogP contribution in [0.25, 0.3) is 0 Å². The number of aromatic nitrogens is 1. The van der Waals surface area contributed by atoms with Gasteiger partial charge in [0, 0.05) is 45.7 Å². The van der Waals surface area contributed by atoms with Crippen molar-refractivity contribution in [1.82, 2.24) is 20.5 Å². The monoisotopic (exact) mass is 312 g/mol. The normalized spacial score (nSPS) is 22.2. The number of methoxy groups -OCH3 is 1. The maximum Gasteiger partial charge on any atom is 0.315 e. The SMILES string of the molecule is CCNC(=O)NC1CN(Cc2ccncc2Cl)C[C@@H]1OC. The number of carbonyl (C=O) groups excluding carboxylic acids is 1. The summed E-state index contributed by atoms with van der Waals surface area (Å²) < 4.78 is 5.47. The zero-order valence-corrected chi connectivity index (χ0v) is 13.1. The molecule has 1 aliphatic rings. The number of hydrogen-bond acceptors (Lipinski definition) is 4. The third-order valence-electron chi connectivity index (χ3n) is 3.55. The van der Waals surface area contributed by atoms with Crippen LogP contribution in [0.4, 0.5) is 4.79 Å². The zero-order valence-electron chi connectivity index (χ0n) is 12.3. The highest BCUT2D eigenvalue weighted by molar-refractivity contribution is 6.31. The number of carbonyl (C=O) groups is 1. The molecule has 0 spiro atoms. The van der Waals surface area contributed by atoms with Crippen LogP contribution in [0, 0.1) is 0 Å². The smallest absolute Gasteiger partial charge is 0.315 e. The number of pyridine rings is 1. The highest BCUT2D eigenvalue weighted by atomic mass is 35.5. The number of amides is 2. The second kappa shape index (κ2) is 7.59. The molecule has 1 saturated heterocycles. The average Bonchev–Trinajstić information content (AvgIpc) is 2.83. The first-order chi connectivity index (χ1) is 10.1. The van der Waals surface area contributed by atoms with Gasteiger partial charge in [0.2, 0.25) is 0 Å². The fourth-order valence-corrected chi connectivity index (χ4v) is 2.69. The lowest BCUT2D eigenvalue weighted by Gasteiger charge is -2.18. The summed E-state index contributed by atoms with van der Waals surface area (Å²) in [5.41, 5.74) is 1.03. The van der Waals surface area contributed by atoms with Gasteiger partial charge in [-0.25, -0.2) is 4.79 Å². The predicted octanol–water partition coefficient (Wildman–Crippen LogP) is 1.25. The van der Waals surface area contributed by atoms with Crippen molar-refractivity contribution in [2.24, 2.45) is 0 Å². The molecular weight excluding hydrogens is 292 g/mol. The van der Waals surface area contributed by atoms with Crippen molar-refractivity contribution in [2.75, 3.05) is 26.7 Å². The second-order valence-corrected chi connectivity index (χ2v) is 5.45. The van der Waals surface area contributed by atoms with Crippen molar-refractivity contribution in [1.29, 1.82) is 0 Å². The topological polar surface area (TPSA) is 66.5 Å². The van der Waals surface area contributed by atoms with Crippen LogP contribution < -0.4 is 10.6 Å². The number of halogens is 1. The lowest BCUT2D eigenvalue weighted by molar-refractivity contribution is 0.0911. The van der Waals surface area contributed by atoms with E-state index in [1.807, 2.05) is 13.0 Å². The Labute approximate surface area is 129 Å². The fourth-order valence-electron chi connectivity index (χ4n) is 2.51. The lowest BCUT2D eigenvalue weighted by Crippen LogP contribution is -2.47. The maximum absolute atomic E-state index is 11.7. The van der Waals surface area contributed by atoms with Crippen molar-refractivity contribution < 1.29 is 9.53 Å². The van der Waals surface area contributed by atoms with Crippen molar-refractivity contribution in [2.45, 2.75) is 25.6 Å². The molecule has 6 nitrogen and oxygen atoms in total. The van der Waals surface area contributed by atoms with Crippen molar-refractivity contribution in [3.63, 3.8) is 0 Å². The van der Waals surface area contributed by atoms with Crippen LogP contribution >= 0.6 is 11.6 Å². The summed E-state index contributed by atoms with van der Waals surface area (Å²) in [5, 5.41) is 6.35. The van der Waals surface area contributed by atoms with Gasteiger partial charge in [0.05, 0.1) is 17.2 Å². The molecule has 7 heteroatoms. The molecule has 0 saturated carbocycles. The van der Waals surface area contributed by atoms with Gasteiger partial charge in [-0.3, -0.25) is 9.88 Å². The quantitative estimate of drug-likeness (QED) is 0.859. The molecule has 1 unspecified atom stereocenters. The largest absolute Gasteiger partial charge is 0.378 e. The Kier molecular flexibility index (Phi) is 5.78. The molecule has 2 rings (SSSR count). The van der Waals surface area contributed by atoms with Gasteiger partial charge in [0.1, 0.15) is 0 Å². The van der Waals surface area contributed by atoms with Crippen LogP contribution in [0.1, 0.15) is 12.5 Å². The summed E-state index contributed by atoms with van der Waals surface area (Å²) in [6.07, 6.45) is 3.36. The van der Waals surface area contributed by atoms with Gasteiger partial charge >= 0.3 is 6.03 Å². The third-order valence-corrected chi connectivity index (χ3v) is 3.89. The molecule has 2 amide bonds. The Morgan fingerprint density at radius 3 is 3.05 bits per heavy atom. The molecule has 0 radical (unpaired) electrons. The minimum Gasteiger partial charge on any atom is -0.378 e. The lowest BCUT2D eigenvalue weighted by atomic mass is 10.2. The van der Waals surface area contributed by atoms with E-state index >= 15 is 0 Å². The van der Waals surface area contributed by atoms with Crippen LogP contribution in [0.3, 0.4) is 0 Å². The van der Waals surface area contributed by atoms with Crippen molar-refractivity contribution >= 4 is 17.6 Å². The first kappa shape index (κ1) is 16.0. The van der Waals surface area contributed by atoms with Crippen LogP contribution in [0.5, 0.6) is 0 Å². The highest BCUT2D eigenvalue weighted by Gasteiger charge is 2.33. The molecule has 1 aromatic heterocycles. The second-order valence-electron chi connectivity index (χ2n) is 5.05. The molecule has 21 heavy (non-hydrogen) atoms. The minimum absolute atomic E-state index is 0.0202. The Morgan fingerprint density at radius 2 is 2.38 bits per heavy atom. The number of hydrogen-bond donors (Lipinski definition) is 2. The van der Waals surface area contributed by atoms with E-state index in [-0.39, 0.29) is 18.2 Å². The van der Waals surface area contributed by atoms with Crippen molar-refractivity contribution in [3.8, 4) is 0 Å². The molecule has 2 heterocycles. The number of rotatable bonds is 5. The molecular formula is C14H21ClN4O2. The number of ether oxygens (including phenoxy) is 1. The third kappa shape index (κ3) is 4.30. The van der Waals surface area contributed by atoms with Gasteiger partial charge < -0.3 is 15.4 Å². The Hall–Kier alpha value is -1.37. The van der Waals surface area contributed by atoms with E-state index in [0.717, 1.165) is 25.2 Å². The van der Waals surface area contributed by atoms with Gasteiger partial charge in [-0.1, -0.05) is 11.6 Å². The van der Waals surface area contributed by atoms with E-state index in [2.05, 4.69) is 20.5 Å². The van der Waals surface area contributed by atoms with E-state index in [0.29, 0.717) is 11.6 Å². The standard InChI is InChI=1S/C14H21ClN4O2/c1-3-17-14(20)18-12-8-19(9-13(12)21-2)7-10-4-5-16-6-11(10)15/h4-6,12-13H,3,7-9H2,1-2H3,(H2,17,18,20)/t12?,13-/m0/s1. The first-order valence-electron chi connectivity index (χ1n) is 7.02. The summed E-state index contributed by atoms with van der Waals surface area (Å²) in [5.74, 6) is 0. The van der Waals surface area contributed by atoms with E-state index < -0.39 is 0 Å². The van der Waals surface area contributed by atoms with Gasteiger partial charge in [-0.15, -0.1) is 0 Å². The van der Waals surface area contributed by atoms with E-state index in [1.54, 1.807) is 19.5 Å². The Morgan fingerprint density at radius 1 is 1.57 bits per heavy atom. The molecule has 0 aliphatic carbocycles. The molecule has 116 valence electrons. The Bertz CT molecular complexity index is 486. The minimum atomic E-state index is -0.159. The number of nitrogens with zero attached hydrogens (tertiary/aromatic N) is 2. The van der Waals surface area contributed by atoms with Crippen LogP contribution in [-0.2, 0) is 11.3 Å². The molecule has 2 atom stereocenters. The highest BCUT2D eigenvalue weighted by Crippen LogP contribution is 2.20. The molecule has 2 N–H and O–H groups in total. The van der Waals surface area contributed by atoms with Gasteiger partial charge in [-0.05, 0) is 18.6 Å². The van der Waals surface area contributed by atoms with Crippen LogP contribution in [0.15, 0.2) is 18.5 Å². The van der Waals surface area contributed by atoms with E-state index in [9.17, 15) is 4.79 Å². The van der Waals surface area contributed by atoms with E-state index in [4.69, 9.17) is 16.3 Å². The van der Waals surface area contributed by atoms with Gasteiger partial charge in [-0.2, -0.15) is 0 Å². The van der Waals surface area contributed by atoms with Crippen LogP contribution in [-0.4, -0.2) is 54.8 Å².